The summed E-state index contributed by atoms with van der Waals surface area (Å²) in [5.41, 5.74) is 0. The lowest BCUT2D eigenvalue weighted by atomic mass is 9.83. The van der Waals surface area contributed by atoms with Crippen molar-refractivity contribution in [2.75, 3.05) is 13.2 Å². The summed E-state index contributed by atoms with van der Waals surface area (Å²) in [6.45, 7) is 5.18. The maximum absolute atomic E-state index is 11.9. The molecule has 2 fully saturated rings. The van der Waals surface area contributed by atoms with Crippen LogP contribution in [0.5, 0.6) is 0 Å². The largest absolute Gasteiger partial charge is 0.378 e. The molecule has 15 heavy (non-hydrogen) atoms. The summed E-state index contributed by atoms with van der Waals surface area (Å²) in [5.74, 6) is 0.665. The van der Waals surface area contributed by atoms with Crippen molar-refractivity contribution in [1.82, 2.24) is 5.32 Å². The van der Waals surface area contributed by atoms with Gasteiger partial charge in [0.2, 0.25) is 0 Å². The lowest BCUT2D eigenvalue weighted by Crippen LogP contribution is -2.55. The molecule has 1 N–H and O–H groups in total. The molecule has 0 spiro atoms. The molecule has 0 amide bonds. The predicted octanol–water partition coefficient (Wildman–Crippen LogP) is 1.29. The van der Waals surface area contributed by atoms with Crippen LogP contribution in [0.15, 0.2) is 12.7 Å². The Morgan fingerprint density at radius 2 is 2.07 bits per heavy atom. The van der Waals surface area contributed by atoms with Gasteiger partial charge in [0.05, 0.1) is 13.2 Å². The number of carbonyl (C=O) groups is 1. The summed E-state index contributed by atoms with van der Waals surface area (Å²) in [5, 5.41) is 3.50. The zero-order valence-corrected chi connectivity index (χ0v) is 9.08. The average molecular weight is 209 g/mol. The normalized spacial score (nSPS) is 34.8. The number of allylic oxidation sites excluding steroid dienone is 1. The number of ether oxygens (including phenoxy) is 1. The molecule has 3 nitrogen and oxygen atoms in total. The highest BCUT2D eigenvalue weighted by Crippen LogP contribution is 2.25. The van der Waals surface area contributed by atoms with Crippen LogP contribution < -0.4 is 5.32 Å². The van der Waals surface area contributed by atoms with Crippen molar-refractivity contribution in [3.8, 4) is 0 Å². The van der Waals surface area contributed by atoms with Crippen LogP contribution in [0.2, 0.25) is 0 Å². The number of carbonyl (C=O) groups excluding carboxylic acids is 1. The Kier molecular flexibility index (Phi) is 3.54. The van der Waals surface area contributed by atoms with Gasteiger partial charge in [-0.1, -0.05) is 6.08 Å². The summed E-state index contributed by atoms with van der Waals surface area (Å²) in [7, 11) is 0. The third-order valence-electron chi connectivity index (χ3n) is 3.30. The Hall–Kier alpha value is -0.670. The van der Waals surface area contributed by atoms with E-state index in [1.165, 1.54) is 0 Å². The third kappa shape index (κ3) is 2.67. The summed E-state index contributed by atoms with van der Waals surface area (Å²) in [6, 6.07) is 0.797. The standard InChI is InChI=1S/C12H19NO2/c1-2-3-4-12(14)9-5-10-7-15-8-11(6-9)13-10/h2,9-11,13H,1,3-8H2. The number of nitrogens with one attached hydrogen (secondary N) is 1. The first kappa shape index (κ1) is 10.8. The van der Waals surface area contributed by atoms with E-state index in [0.29, 0.717) is 24.3 Å². The van der Waals surface area contributed by atoms with E-state index in [9.17, 15) is 4.79 Å². The van der Waals surface area contributed by atoms with Crippen LogP contribution in [0.3, 0.4) is 0 Å². The van der Waals surface area contributed by atoms with Gasteiger partial charge in [-0.25, -0.2) is 0 Å². The van der Waals surface area contributed by atoms with Crippen LogP contribution in [0.4, 0.5) is 0 Å². The number of rotatable bonds is 4. The molecule has 0 aromatic carbocycles. The van der Waals surface area contributed by atoms with Gasteiger partial charge < -0.3 is 10.1 Å². The molecular weight excluding hydrogens is 190 g/mol. The van der Waals surface area contributed by atoms with Crippen LogP contribution >= 0.6 is 0 Å². The van der Waals surface area contributed by atoms with Crippen molar-refractivity contribution in [3.05, 3.63) is 12.7 Å². The predicted molar refractivity (Wildman–Crippen MR) is 58.7 cm³/mol. The van der Waals surface area contributed by atoms with E-state index < -0.39 is 0 Å². The molecule has 2 heterocycles. The first-order valence-corrected chi connectivity index (χ1v) is 5.77. The number of hydrogen-bond donors (Lipinski definition) is 1. The zero-order valence-electron chi connectivity index (χ0n) is 9.08. The molecule has 0 aromatic rings. The summed E-state index contributed by atoms with van der Waals surface area (Å²) in [6.07, 6.45) is 5.20. The molecule has 0 saturated carbocycles. The second-order valence-corrected chi connectivity index (χ2v) is 4.56. The van der Waals surface area contributed by atoms with Crippen molar-refractivity contribution >= 4 is 5.78 Å². The first-order chi connectivity index (χ1) is 7.29. The lowest BCUT2D eigenvalue weighted by Gasteiger charge is -2.39. The van der Waals surface area contributed by atoms with Gasteiger partial charge in [-0.2, -0.15) is 0 Å². The van der Waals surface area contributed by atoms with Crippen molar-refractivity contribution in [2.24, 2.45) is 5.92 Å². The first-order valence-electron chi connectivity index (χ1n) is 5.77. The molecule has 2 unspecified atom stereocenters. The van der Waals surface area contributed by atoms with Crippen molar-refractivity contribution < 1.29 is 9.53 Å². The topological polar surface area (TPSA) is 38.3 Å². The van der Waals surface area contributed by atoms with Gasteiger partial charge in [-0.3, -0.25) is 4.79 Å². The lowest BCUT2D eigenvalue weighted by molar-refractivity contribution is -0.125. The van der Waals surface area contributed by atoms with Crippen LogP contribution in [0, 0.1) is 5.92 Å². The van der Waals surface area contributed by atoms with Crippen molar-refractivity contribution in [3.63, 3.8) is 0 Å². The van der Waals surface area contributed by atoms with E-state index in [1.807, 2.05) is 6.08 Å². The highest BCUT2D eigenvalue weighted by atomic mass is 16.5. The van der Waals surface area contributed by atoms with E-state index in [-0.39, 0.29) is 5.92 Å². The van der Waals surface area contributed by atoms with Gasteiger partial charge in [0.15, 0.2) is 0 Å². The Morgan fingerprint density at radius 3 is 2.67 bits per heavy atom. The molecule has 2 bridgehead atoms. The smallest absolute Gasteiger partial charge is 0.136 e. The van der Waals surface area contributed by atoms with Crippen molar-refractivity contribution in [2.45, 2.75) is 37.8 Å². The molecule has 0 aromatic heterocycles. The molecular formula is C12H19NO2. The number of Topliss-reactive ketones (excluding diaryl/α,β-unsaturated/α-hetero) is 1. The fourth-order valence-electron chi connectivity index (χ4n) is 2.55. The van der Waals surface area contributed by atoms with Gasteiger partial charge in [0.1, 0.15) is 5.78 Å². The highest BCUT2D eigenvalue weighted by Gasteiger charge is 2.34. The SMILES string of the molecule is C=CCCC(=O)C1CC2COCC(C1)N2. The molecule has 2 saturated heterocycles. The van der Waals surface area contributed by atoms with Gasteiger partial charge in [-0.05, 0) is 19.3 Å². The van der Waals surface area contributed by atoms with Gasteiger partial charge in [-0.15, -0.1) is 6.58 Å². The summed E-state index contributed by atoms with van der Waals surface area (Å²) < 4.78 is 5.46. The zero-order chi connectivity index (χ0) is 10.7. The number of ketones is 1. The minimum atomic E-state index is 0.255. The van der Waals surface area contributed by atoms with E-state index in [4.69, 9.17) is 4.74 Å². The van der Waals surface area contributed by atoms with E-state index in [0.717, 1.165) is 32.5 Å². The van der Waals surface area contributed by atoms with Crippen LogP contribution in [0.1, 0.15) is 25.7 Å². The number of hydrogen-bond acceptors (Lipinski definition) is 3. The Bertz CT molecular complexity index is 240. The second-order valence-electron chi connectivity index (χ2n) is 4.56. The van der Waals surface area contributed by atoms with E-state index in [2.05, 4.69) is 11.9 Å². The maximum atomic E-state index is 11.9. The second kappa shape index (κ2) is 4.90. The summed E-state index contributed by atoms with van der Waals surface area (Å²) in [4.78, 5) is 11.9. The molecule has 2 aliphatic heterocycles. The quantitative estimate of drug-likeness (QED) is 0.709. The van der Waals surface area contributed by atoms with E-state index in [1.54, 1.807) is 0 Å². The molecule has 3 heteroatoms. The molecule has 2 atom stereocenters. The fraction of sp³-hybridized carbons (Fsp3) is 0.750. The third-order valence-corrected chi connectivity index (χ3v) is 3.30. The van der Waals surface area contributed by atoms with E-state index >= 15 is 0 Å². The Balaban J connectivity index is 1.87. The van der Waals surface area contributed by atoms with Gasteiger partial charge in [0, 0.05) is 24.4 Å². The van der Waals surface area contributed by atoms with Crippen LogP contribution in [-0.2, 0) is 9.53 Å². The summed E-state index contributed by atoms with van der Waals surface area (Å²) >= 11 is 0. The minimum Gasteiger partial charge on any atom is -0.378 e. The molecule has 0 aliphatic carbocycles. The maximum Gasteiger partial charge on any atom is 0.136 e. The molecule has 84 valence electrons. The fourth-order valence-corrected chi connectivity index (χ4v) is 2.55. The molecule has 2 rings (SSSR count). The average Bonchev–Trinajstić information content (AvgIpc) is 2.25. The minimum absolute atomic E-state index is 0.255. The number of piperidine rings is 1. The van der Waals surface area contributed by atoms with Gasteiger partial charge in [0.25, 0.3) is 0 Å². The van der Waals surface area contributed by atoms with Gasteiger partial charge >= 0.3 is 0 Å². The molecule has 0 radical (unpaired) electrons. The number of fused-ring (bicyclic) bond motifs is 2. The Labute approximate surface area is 90.9 Å². The van der Waals surface area contributed by atoms with Crippen LogP contribution in [-0.4, -0.2) is 31.1 Å². The Morgan fingerprint density at radius 1 is 1.40 bits per heavy atom. The monoisotopic (exact) mass is 209 g/mol. The highest BCUT2D eigenvalue weighted by molar-refractivity contribution is 5.81. The van der Waals surface area contributed by atoms with Crippen molar-refractivity contribution in [1.29, 1.82) is 0 Å². The number of morpholine rings is 1. The molecule has 2 aliphatic rings. The van der Waals surface area contributed by atoms with Crippen LogP contribution in [0.25, 0.3) is 0 Å².